The number of aromatic nitrogens is 1. The predicted octanol–water partition coefficient (Wildman–Crippen LogP) is 4.49. The summed E-state index contributed by atoms with van der Waals surface area (Å²) in [6.45, 7) is 1.05. The number of nitrogens with zero attached hydrogens (tertiary/aromatic N) is 1. The molecule has 2 heterocycles. The van der Waals surface area contributed by atoms with Gasteiger partial charge in [0.2, 0.25) is 0 Å². The molecule has 3 rings (SSSR count). The van der Waals surface area contributed by atoms with Gasteiger partial charge in [-0.2, -0.15) is 11.8 Å². The fourth-order valence-electron chi connectivity index (χ4n) is 1.99. The number of hydrogen-bond acceptors (Lipinski definition) is 4. The molecule has 1 aliphatic heterocycles. The topological polar surface area (TPSA) is 24.9 Å². The minimum Gasteiger partial charge on any atom is -0.306 e. The Labute approximate surface area is 130 Å². The van der Waals surface area contributed by atoms with Crippen molar-refractivity contribution in [3.8, 4) is 11.3 Å². The molecule has 1 aromatic carbocycles. The van der Waals surface area contributed by atoms with E-state index in [1.807, 2.05) is 23.9 Å². The first-order valence-corrected chi connectivity index (χ1v) is 8.75. The number of hydrogen-bond donors (Lipinski definition) is 1. The Hall–Kier alpha value is -0.260. The van der Waals surface area contributed by atoms with Crippen molar-refractivity contribution in [2.24, 2.45) is 0 Å². The van der Waals surface area contributed by atoms with E-state index in [1.54, 1.807) is 17.4 Å². The summed E-state index contributed by atoms with van der Waals surface area (Å²) in [6.07, 6.45) is 0. The third-order valence-electron chi connectivity index (χ3n) is 2.95. The second-order valence-corrected chi connectivity index (χ2v) is 7.16. The molecule has 1 atom stereocenters. The summed E-state index contributed by atoms with van der Waals surface area (Å²) < 4.78 is 0. The van der Waals surface area contributed by atoms with Gasteiger partial charge in [-0.3, -0.25) is 0 Å². The standard InChI is InChI=1S/C13H12Cl2N2S2/c14-8-1-2-9(10(15)5-8)11-7-19-13(17-11)12-6-18-4-3-16-12/h1-2,5,7,12,16H,3-4,6H2. The molecular weight excluding hydrogens is 319 g/mol. The zero-order valence-electron chi connectivity index (χ0n) is 10.0. The average molecular weight is 331 g/mol. The van der Waals surface area contributed by atoms with Gasteiger partial charge in [0.05, 0.1) is 16.8 Å². The van der Waals surface area contributed by atoms with Crippen LogP contribution in [0.15, 0.2) is 23.6 Å². The Morgan fingerprint density at radius 1 is 1.32 bits per heavy atom. The molecule has 2 nitrogen and oxygen atoms in total. The Morgan fingerprint density at radius 2 is 2.21 bits per heavy atom. The molecule has 6 heteroatoms. The van der Waals surface area contributed by atoms with Crippen molar-refractivity contribution in [3.05, 3.63) is 38.6 Å². The van der Waals surface area contributed by atoms with Crippen molar-refractivity contribution < 1.29 is 0 Å². The molecule has 1 saturated heterocycles. The molecule has 0 bridgehead atoms. The van der Waals surface area contributed by atoms with Crippen molar-refractivity contribution >= 4 is 46.3 Å². The van der Waals surface area contributed by atoms with Crippen LogP contribution in [-0.4, -0.2) is 23.0 Å². The van der Waals surface area contributed by atoms with E-state index in [4.69, 9.17) is 28.2 Å². The number of thiazole rings is 1. The molecule has 19 heavy (non-hydrogen) atoms. The molecule has 0 aliphatic carbocycles. The van der Waals surface area contributed by atoms with Crippen molar-refractivity contribution in [1.82, 2.24) is 10.3 Å². The smallest absolute Gasteiger partial charge is 0.111 e. The highest BCUT2D eigenvalue weighted by molar-refractivity contribution is 7.99. The van der Waals surface area contributed by atoms with Gasteiger partial charge in [0.1, 0.15) is 5.01 Å². The van der Waals surface area contributed by atoms with Gasteiger partial charge in [-0.05, 0) is 18.2 Å². The monoisotopic (exact) mass is 330 g/mol. The van der Waals surface area contributed by atoms with E-state index in [1.165, 1.54) is 5.75 Å². The lowest BCUT2D eigenvalue weighted by atomic mass is 10.2. The maximum Gasteiger partial charge on any atom is 0.111 e. The van der Waals surface area contributed by atoms with Crippen LogP contribution in [0.3, 0.4) is 0 Å². The van der Waals surface area contributed by atoms with Gasteiger partial charge in [-0.15, -0.1) is 11.3 Å². The molecule has 0 saturated carbocycles. The van der Waals surface area contributed by atoms with Crippen LogP contribution in [0.2, 0.25) is 10.0 Å². The Kier molecular flexibility index (Phi) is 4.34. The zero-order valence-corrected chi connectivity index (χ0v) is 13.2. The predicted molar refractivity (Wildman–Crippen MR) is 85.6 cm³/mol. The molecule has 1 aromatic heterocycles. The fourth-order valence-corrected chi connectivity index (χ4v) is 4.44. The molecule has 1 fully saturated rings. The number of nitrogens with one attached hydrogen (secondary N) is 1. The lowest BCUT2D eigenvalue weighted by molar-refractivity contribution is 0.592. The first-order chi connectivity index (χ1) is 9.24. The lowest BCUT2D eigenvalue weighted by Crippen LogP contribution is -2.30. The van der Waals surface area contributed by atoms with Gasteiger partial charge in [0.15, 0.2) is 0 Å². The van der Waals surface area contributed by atoms with Gasteiger partial charge >= 0.3 is 0 Å². The minimum absolute atomic E-state index is 0.364. The van der Waals surface area contributed by atoms with Crippen LogP contribution < -0.4 is 5.32 Å². The lowest BCUT2D eigenvalue weighted by Gasteiger charge is -2.20. The van der Waals surface area contributed by atoms with E-state index in [0.717, 1.165) is 28.6 Å². The van der Waals surface area contributed by atoms with Gasteiger partial charge < -0.3 is 5.32 Å². The summed E-state index contributed by atoms with van der Waals surface area (Å²) >= 11 is 15.8. The minimum atomic E-state index is 0.364. The van der Waals surface area contributed by atoms with E-state index < -0.39 is 0 Å². The van der Waals surface area contributed by atoms with E-state index in [2.05, 4.69) is 10.7 Å². The molecule has 1 unspecified atom stereocenters. The van der Waals surface area contributed by atoms with Gasteiger partial charge in [0.25, 0.3) is 0 Å². The molecule has 0 radical (unpaired) electrons. The summed E-state index contributed by atoms with van der Waals surface area (Å²) in [6, 6.07) is 5.89. The second kappa shape index (κ2) is 6.02. The summed E-state index contributed by atoms with van der Waals surface area (Å²) in [5.74, 6) is 2.26. The first-order valence-electron chi connectivity index (χ1n) is 5.96. The van der Waals surface area contributed by atoms with Crippen LogP contribution in [0, 0.1) is 0 Å². The van der Waals surface area contributed by atoms with Crippen molar-refractivity contribution in [2.75, 3.05) is 18.1 Å². The summed E-state index contributed by atoms with van der Waals surface area (Å²) in [4.78, 5) is 4.71. The zero-order chi connectivity index (χ0) is 13.2. The third-order valence-corrected chi connectivity index (χ3v) is 5.52. The van der Waals surface area contributed by atoms with Gasteiger partial charge in [0, 0.05) is 34.0 Å². The molecule has 100 valence electrons. The highest BCUT2D eigenvalue weighted by atomic mass is 35.5. The van der Waals surface area contributed by atoms with E-state index in [0.29, 0.717) is 16.1 Å². The van der Waals surface area contributed by atoms with Crippen LogP contribution in [-0.2, 0) is 0 Å². The number of halogens is 2. The third kappa shape index (κ3) is 3.09. The summed E-state index contributed by atoms with van der Waals surface area (Å²) in [5.41, 5.74) is 1.87. The van der Waals surface area contributed by atoms with Crippen LogP contribution in [0.1, 0.15) is 11.0 Å². The van der Waals surface area contributed by atoms with Crippen molar-refractivity contribution in [3.63, 3.8) is 0 Å². The van der Waals surface area contributed by atoms with Crippen LogP contribution >= 0.6 is 46.3 Å². The SMILES string of the molecule is Clc1ccc(-c2csc(C3CSCCN3)n2)c(Cl)c1. The van der Waals surface area contributed by atoms with Crippen molar-refractivity contribution in [1.29, 1.82) is 0 Å². The maximum absolute atomic E-state index is 6.22. The average Bonchev–Trinajstić information content (AvgIpc) is 2.89. The maximum atomic E-state index is 6.22. The van der Waals surface area contributed by atoms with Crippen LogP contribution in [0.25, 0.3) is 11.3 Å². The molecule has 1 N–H and O–H groups in total. The Bertz CT molecular complexity index is 580. The highest BCUT2D eigenvalue weighted by Crippen LogP contribution is 2.33. The number of benzene rings is 1. The molecule has 1 aliphatic rings. The number of thioether (sulfide) groups is 1. The van der Waals surface area contributed by atoms with Crippen molar-refractivity contribution in [2.45, 2.75) is 6.04 Å². The summed E-state index contributed by atoms with van der Waals surface area (Å²) in [7, 11) is 0. The van der Waals surface area contributed by atoms with Gasteiger partial charge in [-0.25, -0.2) is 4.98 Å². The van der Waals surface area contributed by atoms with E-state index >= 15 is 0 Å². The van der Waals surface area contributed by atoms with E-state index in [-0.39, 0.29) is 0 Å². The van der Waals surface area contributed by atoms with E-state index in [9.17, 15) is 0 Å². The largest absolute Gasteiger partial charge is 0.306 e. The quantitative estimate of drug-likeness (QED) is 0.877. The Morgan fingerprint density at radius 3 is 2.95 bits per heavy atom. The first kappa shape index (κ1) is 13.7. The van der Waals surface area contributed by atoms with Gasteiger partial charge in [-0.1, -0.05) is 23.2 Å². The summed E-state index contributed by atoms with van der Waals surface area (Å²) in [5, 5.41) is 7.99. The number of rotatable bonds is 2. The normalized spacial score (nSPS) is 19.6. The highest BCUT2D eigenvalue weighted by Gasteiger charge is 2.19. The second-order valence-electron chi connectivity index (χ2n) is 4.28. The molecule has 0 spiro atoms. The molecule has 2 aromatic rings. The fraction of sp³-hybridized carbons (Fsp3) is 0.308. The van der Waals surface area contributed by atoms with Crippen LogP contribution in [0.4, 0.5) is 0 Å². The molecule has 0 amide bonds. The Balaban J connectivity index is 1.87. The van der Waals surface area contributed by atoms with Crippen LogP contribution in [0.5, 0.6) is 0 Å². The molecular formula is C13H12Cl2N2S2.